The maximum atomic E-state index is 12.3. The Morgan fingerprint density at radius 3 is 2.65 bits per heavy atom. The fourth-order valence-electron chi connectivity index (χ4n) is 4.28. The molecule has 10 heteroatoms. The summed E-state index contributed by atoms with van der Waals surface area (Å²) >= 11 is 0. The number of carbonyl (C=O) groups excluding carboxylic acids is 1. The molecule has 0 radical (unpaired) electrons. The van der Waals surface area contributed by atoms with Crippen LogP contribution >= 0.6 is 0 Å². The van der Waals surface area contributed by atoms with Gasteiger partial charge in [0.05, 0.1) is 34.6 Å². The summed E-state index contributed by atoms with van der Waals surface area (Å²) in [5, 5.41) is 27.0. The molecule has 1 atom stereocenters. The van der Waals surface area contributed by atoms with Crippen LogP contribution in [0.25, 0.3) is 16.6 Å². The molecule has 10 nitrogen and oxygen atoms in total. The number of hydrogen-bond donors (Lipinski definition) is 2. The third kappa shape index (κ3) is 6.30. The molecule has 1 amide bonds. The van der Waals surface area contributed by atoms with Gasteiger partial charge in [-0.15, -0.1) is 0 Å². The quantitative estimate of drug-likeness (QED) is 0.516. The largest absolute Gasteiger partial charge is 0.489 e. The van der Waals surface area contributed by atoms with Crippen molar-refractivity contribution in [2.24, 2.45) is 0 Å². The van der Waals surface area contributed by atoms with E-state index in [9.17, 15) is 15.2 Å². The molecular weight excluding hydrogens is 472 g/mol. The van der Waals surface area contributed by atoms with Gasteiger partial charge >= 0.3 is 6.09 Å². The number of aliphatic hydroxyl groups is 1. The molecule has 0 bridgehead atoms. The molecule has 0 spiro atoms. The normalized spacial score (nSPS) is 18.1. The molecule has 37 heavy (non-hydrogen) atoms. The van der Waals surface area contributed by atoms with E-state index in [1.54, 1.807) is 30.8 Å². The first-order valence-electron chi connectivity index (χ1n) is 12.2. The highest BCUT2D eigenvalue weighted by Crippen LogP contribution is 2.32. The smallest absolute Gasteiger partial charge is 0.408 e. The Balaban J connectivity index is 1.56. The van der Waals surface area contributed by atoms with E-state index in [0.29, 0.717) is 23.4 Å². The van der Waals surface area contributed by atoms with Gasteiger partial charge in [0.1, 0.15) is 29.8 Å². The van der Waals surface area contributed by atoms with Crippen LogP contribution in [0.2, 0.25) is 0 Å². The zero-order valence-corrected chi connectivity index (χ0v) is 22.2. The van der Waals surface area contributed by atoms with Gasteiger partial charge in [-0.3, -0.25) is 0 Å². The average molecular weight is 507 g/mol. The van der Waals surface area contributed by atoms with E-state index < -0.39 is 22.8 Å². The Hall–Kier alpha value is -3.84. The number of hydrogen-bond acceptors (Lipinski definition) is 8. The number of aromatic nitrogens is 3. The number of fused-ring (bicyclic) bond motifs is 1. The van der Waals surface area contributed by atoms with Crippen molar-refractivity contribution in [3.63, 3.8) is 0 Å². The Bertz CT molecular complexity index is 1330. The molecule has 1 aliphatic heterocycles. The van der Waals surface area contributed by atoms with Crippen LogP contribution in [-0.2, 0) is 4.74 Å². The fourth-order valence-corrected chi connectivity index (χ4v) is 4.28. The summed E-state index contributed by atoms with van der Waals surface area (Å²) in [6, 6.07) is 7.90. The summed E-state index contributed by atoms with van der Waals surface area (Å²) in [4.78, 5) is 19.1. The van der Waals surface area contributed by atoms with Crippen molar-refractivity contribution in [2.75, 3.05) is 24.6 Å². The second-order valence-electron chi connectivity index (χ2n) is 11.4. The van der Waals surface area contributed by atoms with Crippen LogP contribution in [0.3, 0.4) is 0 Å². The zero-order chi connectivity index (χ0) is 27.0. The van der Waals surface area contributed by atoms with Crippen molar-refractivity contribution < 1.29 is 19.4 Å². The lowest BCUT2D eigenvalue weighted by molar-refractivity contribution is 0.0283. The number of ether oxygens (including phenoxy) is 2. The minimum atomic E-state index is -0.997. The molecule has 3 aromatic heterocycles. The third-order valence-electron chi connectivity index (χ3n) is 5.96. The van der Waals surface area contributed by atoms with E-state index in [4.69, 9.17) is 14.5 Å². The highest BCUT2D eigenvalue weighted by Gasteiger charge is 2.37. The number of rotatable bonds is 6. The first-order chi connectivity index (χ1) is 17.3. The molecule has 1 aliphatic rings. The lowest BCUT2D eigenvalue weighted by Crippen LogP contribution is -2.49. The fraction of sp³-hybridized carbons (Fsp3) is 0.481. The number of anilines is 1. The van der Waals surface area contributed by atoms with Gasteiger partial charge in [-0.1, -0.05) is 0 Å². The molecule has 0 unspecified atom stereocenters. The summed E-state index contributed by atoms with van der Waals surface area (Å²) in [7, 11) is 0. The van der Waals surface area contributed by atoms with Crippen molar-refractivity contribution in [1.29, 1.82) is 5.26 Å². The number of nitriles is 1. The SMILES string of the molecule is CC(C)(O)COc1cc(-c2ccc(N3CC[C@@](C)(NC(=O)OC(C)(C)C)C3)nc2)c2c(C#N)cnn2c1. The van der Waals surface area contributed by atoms with E-state index in [1.807, 2.05) is 45.9 Å². The number of carbonyl (C=O) groups is 1. The molecular formula is C27H34N6O4. The second kappa shape index (κ2) is 9.56. The van der Waals surface area contributed by atoms with Crippen LogP contribution in [-0.4, -0.2) is 62.2 Å². The maximum absolute atomic E-state index is 12.3. The maximum Gasteiger partial charge on any atom is 0.408 e. The summed E-state index contributed by atoms with van der Waals surface area (Å²) in [6.45, 7) is 12.3. The predicted octanol–water partition coefficient (Wildman–Crippen LogP) is 3.91. The Morgan fingerprint density at radius 2 is 2.03 bits per heavy atom. The molecule has 3 aromatic rings. The van der Waals surface area contributed by atoms with Crippen LogP contribution in [0, 0.1) is 11.3 Å². The summed E-state index contributed by atoms with van der Waals surface area (Å²) in [5.41, 5.74) is 0.662. The first-order valence-corrected chi connectivity index (χ1v) is 12.2. The van der Waals surface area contributed by atoms with Gasteiger partial charge in [0.15, 0.2) is 0 Å². The lowest BCUT2D eigenvalue weighted by Gasteiger charge is -2.28. The van der Waals surface area contributed by atoms with E-state index in [0.717, 1.165) is 29.9 Å². The standard InChI is InChI=1S/C27H34N6O4/c1-25(2,3)37-24(34)31-27(6)9-10-32(16-27)22-8-7-18(13-29-22)21-11-20(36-17-26(4,5)35)15-33-23(21)19(12-28)14-30-33/h7-8,11,13-15,35H,9-10,16-17H2,1-6H3,(H,31,34)/t27-/m1/s1. The Morgan fingerprint density at radius 1 is 1.27 bits per heavy atom. The highest BCUT2D eigenvalue weighted by molar-refractivity contribution is 5.85. The highest BCUT2D eigenvalue weighted by atomic mass is 16.6. The van der Waals surface area contributed by atoms with Gasteiger partial charge in [-0.25, -0.2) is 14.3 Å². The first kappa shape index (κ1) is 26.2. The summed E-state index contributed by atoms with van der Waals surface area (Å²) < 4.78 is 12.8. The van der Waals surface area contributed by atoms with Gasteiger partial charge in [0, 0.05) is 30.4 Å². The van der Waals surface area contributed by atoms with Crippen molar-refractivity contribution in [1.82, 2.24) is 19.9 Å². The Labute approximate surface area is 216 Å². The average Bonchev–Trinajstić information content (AvgIpc) is 3.39. The van der Waals surface area contributed by atoms with Crippen molar-refractivity contribution in [2.45, 2.75) is 64.7 Å². The van der Waals surface area contributed by atoms with E-state index in [1.165, 1.54) is 6.20 Å². The molecule has 0 saturated carbocycles. The molecule has 0 aliphatic carbocycles. The Kier molecular flexibility index (Phi) is 6.78. The van der Waals surface area contributed by atoms with Gasteiger partial charge in [-0.2, -0.15) is 10.4 Å². The summed E-state index contributed by atoms with van der Waals surface area (Å²) in [6.07, 6.45) is 5.30. The van der Waals surface area contributed by atoms with E-state index >= 15 is 0 Å². The van der Waals surface area contributed by atoms with Crippen molar-refractivity contribution in [3.8, 4) is 22.9 Å². The van der Waals surface area contributed by atoms with E-state index in [-0.39, 0.29) is 6.61 Å². The molecule has 196 valence electrons. The minimum Gasteiger partial charge on any atom is -0.489 e. The number of amides is 1. The minimum absolute atomic E-state index is 0.104. The molecule has 1 saturated heterocycles. The van der Waals surface area contributed by atoms with Crippen molar-refractivity contribution in [3.05, 3.63) is 42.4 Å². The number of alkyl carbamates (subject to hydrolysis) is 1. The van der Waals surface area contributed by atoms with Crippen LogP contribution in [0.5, 0.6) is 5.75 Å². The molecule has 2 N–H and O–H groups in total. The lowest BCUT2D eigenvalue weighted by atomic mass is 10.0. The molecule has 4 heterocycles. The molecule has 0 aromatic carbocycles. The topological polar surface area (TPSA) is 125 Å². The molecule has 4 rings (SSSR count). The van der Waals surface area contributed by atoms with Crippen molar-refractivity contribution >= 4 is 17.4 Å². The van der Waals surface area contributed by atoms with Gasteiger partial charge < -0.3 is 24.8 Å². The number of pyridine rings is 2. The third-order valence-corrected chi connectivity index (χ3v) is 5.96. The number of nitrogens with one attached hydrogen (secondary N) is 1. The monoisotopic (exact) mass is 506 g/mol. The molecule has 1 fully saturated rings. The zero-order valence-electron chi connectivity index (χ0n) is 22.2. The summed E-state index contributed by atoms with van der Waals surface area (Å²) in [5.74, 6) is 1.31. The van der Waals surface area contributed by atoms with Gasteiger partial charge in [-0.05, 0) is 66.2 Å². The van der Waals surface area contributed by atoms with Crippen LogP contribution in [0.15, 0.2) is 36.8 Å². The van der Waals surface area contributed by atoms with Gasteiger partial charge in [0.2, 0.25) is 0 Å². The van der Waals surface area contributed by atoms with Gasteiger partial charge in [0.25, 0.3) is 0 Å². The second-order valence-corrected chi connectivity index (χ2v) is 11.4. The van der Waals surface area contributed by atoms with E-state index in [2.05, 4.69) is 21.4 Å². The predicted molar refractivity (Wildman–Crippen MR) is 140 cm³/mol. The van der Waals surface area contributed by atoms with Crippen LogP contribution in [0.1, 0.15) is 53.5 Å². The van der Waals surface area contributed by atoms with Crippen LogP contribution < -0.4 is 15.0 Å². The van der Waals surface area contributed by atoms with Crippen LogP contribution in [0.4, 0.5) is 10.6 Å². The number of nitrogens with zero attached hydrogens (tertiary/aromatic N) is 5.